The molecule has 9 N–H and O–H groups in total. The molecule has 0 bridgehead atoms. The molecule has 0 aliphatic carbocycles. The Morgan fingerprint density at radius 3 is 1.25 bits per heavy atom. The smallest absolute Gasteiger partial charge is 0.220 e. The van der Waals surface area contributed by atoms with Crippen molar-refractivity contribution < 1.29 is 64.6 Å². The molecule has 0 saturated carbocycles. The Labute approximate surface area is 533 Å². The monoisotopic (exact) mass is 1240 g/mol. The number of carbonyl (C=O) groups excluding carboxylic acids is 1. The van der Waals surface area contributed by atoms with Gasteiger partial charge in [-0.1, -0.05) is 257 Å². The maximum Gasteiger partial charge on any atom is 0.220 e. The summed E-state index contributed by atoms with van der Waals surface area (Å²) in [5.41, 5.74) is 0. The molecule has 2 saturated heterocycles. The number of rotatable bonds is 55. The van der Waals surface area contributed by atoms with Gasteiger partial charge in [-0.05, 0) is 103 Å². The third kappa shape index (κ3) is 41.0. The van der Waals surface area contributed by atoms with Gasteiger partial charge in [0.1, 0.15) is 48.8 Å². The van der Waals surface area contributed by atoms with Gasteiger partial charge in [-0.2, -0.15) is 0 Å². The predicted molar refractivity (Wildman–Crippen MR) is 359 cm³/mol. The number of carbonyl (C=O) groups is 1. The Morgan fingerprint density at radius 2 is 0.795 bits per heavy atom. The van der Waals surface area contributed by atoms with Gasteiger partial charge in [0.05, 0.1) is 32.0 Å². The largest absolute Gasteiger partial charge is 0.394 e. The Kier molecular flexibility index (Phi) is 52.4. The van der Waals surface area contributed by atoms with Gasteiger partial charge in [0.2, 0.25) is 5.91 Å². The summed E-state index contributed by atoms with van der Waals surface area (Å²) in [5.74, 6) is -0.268. The van der Waals surface area contributed by atoms with E-state index in [1.165, 1.54) is 96.3 Å². The maximum absolute atomic E-state index is 13.3. The van der Waals surface area contributed by atoms with Crippen molar-refractivity contribution in [3.63, 3.8) is 0 Å². The first-order valence-electron chi connectivity index (χ1n) is 34.8. The summed E-state index contributed by atoms with van der Waals surface area (Å²) in [5, 5.41) is 87.4. The highest BCUT2D eigenvalue weighted by atomic mass is 16.7. The lowest BCUT2D eigenvalue weighted by molar-refractivity contribution is -0.359. The van der Waals surface area contributed by atoms with Gasteiger partial charge < -0.3 is 65.1 Å². The van der Waals surface area contributed by atoms with E-state index in [1.807, 2.05) is 6.08 Å². The van der Waals surface area contributed by atoms with Crippen molar-refractivity contribution in [1.82, 2.24) is 5.32 Å². The highest BCUT2D eigenvalue weighted by molar-refractivity contribution is 5.76. The highest BCUT2D eigenvalue weighted by Gasteiger charge is 2.51. The molecule has 2 fully saturated rings. The van der Waals surface area contributed by atoms with Gasteiger partial charge in [0.15, 0.2) is 12.6 Å². The molecular weight excluding hydrogens is 1110 g/mol. The first-order valence-corrected chi connectivity index (χ1v) is 34.8. The molecule has 2 heterocycles. The number of aliphatic hydroxyl groups is 8. The number of unbranched alkanes of at least 4 members (excludes halogenated alkanes) is 24. The van der Waals surface area contributed by atoms with Crippen molar-refractivity contribution in [2.24, 2.45) is 0 Å². The molecule has 14 heteroatoms. The van der Waals surface area contributed by atoms with Gasteiger partial charge in [0, 0.05) is 6.42 Å². The van der Waals surface area contributed by atoms with E-state index in [0.717, 1.165) is 116 Å². The van der Waals surface area contributed by atoms with Crippen LogP contribution < -0.4 is 5.32 Å². The number of hydrogen-bond acceptors (Lipinski definition) is 13. The molecule has 1 amide bonds. The quantitative estimate of drug-likeness (QED) is 0.0204. The van der Waals surface area contributed by atoms with Crippen LogP contribution in [0, 0.1) is 0 Å². The first kappa shape index (κ1) is 80.5. The topological polar surface area (TPSA) is 228 Å². The number of nitrogens with one attached hydrogen (secondary N) is 1. The fourth-order valence-electron chi connectivity index (χ4n) is 10.6. The zero-order chi connectivity index (χ0) is 63.8. The van der Waals surface area contributed by atoms with Gasteiger partial charge in [-0.3, -0.25) is 4.79 Å². The normalized spacial score (nSPS) is 23.9. The van der Waals surface area contributed by atoms with E-state index in [9.17, 15) is 45.6 Å². The van der Waals surface area contributed by atoms with Crippen LogP contribution in [0.5, 0.6) is 0 Å². The SMILES string of the molecule is CC/C=C\C/C=C\C/C=C\C/C=C\C/C=C\C/C=C\C/C=C\CCCCCCCCCC(=O)NC(COC1OC(CO)C(OC2OC(CO)C(O)C(O)C2O)C(O)C1O)C(O)/C=C/CC/C=C/CC/C=C/CCCCCCCCCCCCCCCCC. The summed E-state index contributed by atoms with van der Waals surface area (Å²) in [6.07, 6.45) is 66.7. The second kappa shape index (κ2) is 57.3. The van der Waals surface area contributed by atoms with Crippen molar-refractivity contribution in [3.05, 3.63) is 122 Å². The molecule has 0 spiro atoms. The minimum absolute atomic E-state index is 0.249. The fraction of sp³-hybridized carbons (Fsp3) is 0.716. The standard InChI is InChI=1S/C74H125NO13/c1-3-5-7-9-11-13-15-17-19-21-23-25-27-29-30-31-32-34-36-38-40-42-44-46-48-50-52-54-56-58-66(79)75-62(61-85-73-71(84)69(82)72(65(60-77)87-73)88-74-70(83)68(81)67(80)64(59-76)86-74)63(78)57-55-53-51-49-47-45-43-41-39-37-35-33-28-26-24-22-20-18-16-14-12-10-8-6-4-2/h5,7,11,13,17,19,23,25,29-30,32,34,38-41,47,49,55,57,62-65,67-74,76-78,80-84H,3-4,6,8-10,12,14-16,18,20-22,24,26-28,31,33,35-37,42-46,48,50-54,56,58-61H2,1-2H3,(H,75,79)/b7-5-,13-11-,19-17-,25-23-,30-29-,34-32-,40-38-,41-39+,49-47+,57-55+. The van der Waals surface area contributed by atoms with Crippen LogP contribution in [-0.2, 0) is 23.7 Å². The lowest BCUT2D eigenvalue weighted by atomic mass is 9.97. The molecule has 2 aliphatic rings. The van der Waals surface area contributed by atoms with E-state index in [1.54, 1.807) is 6.08 Å². The Balaban J connectivity index is 1.73. The zero-order valence-electron chi connectivity index (χ0n) is 54.7. The second-order valence-corrected chi connectivity index (χ2v) is 23.9. The molecule has 88 heavy (non-hydrogen) atoms. The average Bonchev–Trinajstić information content (AvgIpc) is 2.07. The van der Waals surface area contributed by atoms with Crippen LogP contribution in [0.15, 0.2) is 122 Å². The number of amides is 1. The number of allylic oxidation sites excluding steroid dienone is 19. The number of ether oxygens (including phenoxy) is 4. The Bertz CT molecular complexity index is 1940. The van der Waals surface area contributed by atoms with Crippen molar-refractivity contribution in [2.75, 3.05) is 19.8 Å². The third-order valence-corrected chi connectivity index (χ3v) is 16.1. The van der Waals surface area contributed by atoms with E-state index in [4.69, 9.17) is 18.9 Å². The molecule has 12 atom stereocenters. The molecule has 0 aromatic rings. The molecular formula is C74H125NO13. The van der Waals surface area contributed by atoms with Crippen LogP contribution in [0.4, 0.5) is 0 Å². The molecule has 0 aromatic heterocycles. The van der Waals surface area contributed by atoms with E-state index in [2.05, 4.69) is 129 Å². The van der Waals surface area contributed by atoms with Gasteiger partial charge in [0.25, 0.3) is 0 Å². The molecule has 2 rings (SSSR count). The highest BCUT2D eigenvalue weighted by Crippen LogP contribution is 2.30. The summed E-state index contributed by atoms with van der Waals surface area (Å²) < 4.78 is 22.8. The first-order chi connectivity index (χ1) is 43.1. The van der Waals surface area contributed by atoms with Crippen molar-refractivity contribution >= 4 is 5.91 Å². The van der Waals surface area contributed by atoms with Crippen molar-refractivity contribution in [1.29, 1.82) is 0 Å². The van der Waals surface area contributed by atoms with Crippen LogP contribution in [0.25, 0.3) is 0 Å². The summed E-state index contributed by atoms with van der Waals surface area (Å²) in [4.78, 5) is 13.3. The number of aliphatic hydroxyl groups excluding tert-OH is 8. The van der Waals surface area contributed by atoms with E-state index >= 15 is 0 Å². The van der Waals surface area contributed by atoms with Crippen LogP contribution in [-0.4, -0.2) is 140 Å². The summed E-state index contributed by atoms with van der Waals surface area (Å²) >= 11 is 0. The van der Waals surface area contributed by atoms with E-state index < -0.39 is 86.8 Å². The molecule has 12 unspecified atom stereocenters. The van der Waals surface area contributed by atoms with Crippen molar-refractivity contribution in [3.8, 4) is 0 Å². The summed E-state index contributed by atoms with van der Waals surface area (Å²) in [6, 6.07) is -0.955. The number of hydrogen-bond donors (Lipinski definition) is 9. The minimum Gasteiger partial charge on any atom is -0.394 e. The van der Waals surface area contributed by atoms with Crippen LogP contribution in [0.3, 0.4) is 0 Å². The fourth-order valence-corrected chi connectivity index (χ4v) is 10.6. The van der Waals surface area contributed by atoms with E-state index in [0.29, 0.717) is 12.8 Å². The molecule has 0 radical (unpaired) electrons. The van der Waals surface area contributed by atoms with Crippen LogP contribution in [0.1, 0.15) is 245 Å². The Morgan fingerprint density at radius 1 is 0.420 bits per heavy atom. The van der Waals surface area contributed by atoms with Gasteiger partial charge >= 0.3 is 0 Å². The van der Waals surface area contributed by atoms with Crippen LogP contribution >= 0.6 is 0 Å². The molecule has 14 nitrogen and oxygen atoms in total. The zero-order valence-corrected chi connectivity index (χ0v) is 54.7. The van der Waals surface area contributed by atoms with Gasteiger partial charge in [-0.25, -0.2) is 0 Å². The lowest BCUT2D eigenvalue weighted by Gasteiger charge is -2.46. The molecule has 2 aliphatic heterocycles. The molecule has 0 aromatic carbocycles. The van der Waals surface area contributed by atoms with E-state index in [-0.39, 0.29) is 18.9 Å². The van der Waals surface area contributed by atoms with Gasteiger partial charge in [-0.15, -0.1) is 0 Å². The average molecular weight is 1240 g/mol. The minimum atomic E-state index is -1.80. The summed E-state index contributed by atoms with van der Waals surface area (Å²) in [6.45, 7) is 2.66. The summed E-state index contributed by atoms with van der Waals surface area (Å²) in [7, 11) is 0. The lowest BCUT2D eigenvalue weighted by Crippen LogP contribution is -2.65. The maximum atomic E-state index is 13.3. The molecule has 504 valence electrons. The third-order valence-electron chi connectivity index (χ3n) is 16.1. The Hall–Kier alpha value is -3.61. The van der Waals surface area contributed by atoms with Crippen LogP contribution in [0.2, 0.25) is 0 Å². The predicted octanol–water partition coefficient (Wildman–Crippen LogP) is 14.1. The second-order valence-electron chi connectivity index (χ2n) is 23.9. The van der Waals surface area contributed by atoms with Crippen molar-refractivity contribution in [2.45, 2.75) is 319 Å².